The van der Waals surface area contributed by atoms with Gasteiger partial charge in [-0.05, 0) is 25.6 Å². The van der Waals surface area contributed by atoms with Crippen LogP contribution in [0.2, 0.25) is 0 Å². The third-order valence-corrected chi connectivity index (χ3v) is 5.29. The highest BCUT2D eigenvalue weighted by Crippen LogP contribution is 2.28. The average molecular weight is 376 g/mol. The van der Waals surface area contributed by atoms with Crippen molar-refractivity contribution in [2.45, 2.75) is 25.3 Å². The maximum atomic E-state index is 13.8. The molecule has 0 spiro atoms. The zero-order chi connectivity index (χ0) is 19.0. The number of anilines is 1. The maximum Gasteiger partial charge on any atom is 0.321 e. The lowest BCUT2D eigenvalue weighted by Crippen LogP contribution is -2.33. The summed E-state index contributed by atoms with van der Waals surface area (Å²) in [5, 5.41) is 11.2. The van der Waals surface area contributed by atoms with Crippen molar-refractivity contribution in [2.75, 3.05) is 38.5 Å². The van der Waals surface area contributed by atoms with Crippen molar-refractivity contribution in [1.82, 2.24) is 24.6 Å². The van der Waals surface area contributed by atoms with Gasteiger partial charge in [-0.25, -0.2) is 13.6 Å². The van der Waals surface area contributed by atoms with Gasteiger partial charge in [0, 0.05) is 51.1 Å². The zero-order valence-electron chi connectivity index (χ0n) is 15.2. The number of likely N-dealkylation sites (N-methyl/N-ethyl adjacent to an activating group) is 1. The van der Waals surface area contributed by atoms with Crippen molar-refractivity contribution in [1.29, 1.82) is 0 Å². The quantitative estimate of drug-likeness (QED) is 0.871. The smallest absolute Gasteiger partial charge is 0.321 e. The minimum Gasteiger partial charge on any atom is -0.324 e. The Morgan fingerprint density at radius 3 is 2.89 bits per heavy atom. The minimum absolute atomic E-state index is 0.0952. The first-order valence-electron chi connectivity index (χ1n) is 9.13. The number of urea groups is 1. The molecule has 1 unspecified atom stereocenters. The van der Waals surface area contributed by atoms with Crippen LogP contribution in [0.4, 0.5) is 19.3 Å². The van der Waals surface area contributed by atoms with Crippen LogP contribution in [-0.4, -0.2) is 63.8 Å². The van der Waals surface area contributed by atoms with Crippen LogP contribution in [-0.2, 0) is 13.0 Å². The van der Waals surface area contributed by atoms with Crippen LogP contribution in [0.3, 0.4) is 0 Å². The number of nitrogens with zero attached hydrogens (tertiary/aromatic N) is 5. The Morgan fingerprint density at radius 2 is 2.04 bits per heavy atom. The molecule has 0 bridgehead atoms. The minimum atomic E-state index is -0.660. The van der Waals surface area contributed by atoms with E-state index in [2.05, 4.69) is 32.0 Å². The number of rotatable bonds is 2. The second-order valence-electron chi connectivity index (χ2n) is 7.17. The third kappa shape index (κ3) is 3.64. The van der Waals surface area contributed by atoms with Crippen LogP contribution >= 0.6 is 0 Å². The number of nitrogens with one attached hydrogen (secondary N) is 1. The van der Waals surface area contributed by atoms with E-state index in [1.807, 2.05) is 0 Å². The topological polar surface area (TPSA) is 66.3 Å². The summed E-state index contributed by atoms with van der Waals surface area (Å²) in [6, 6.07) is 2.57. The van der Waals surface area contributed by atoms with Gasteiger partial charge in [0.15, 0.2) is 0 Å². The molecule has 1 aromatic heterocycles. The normalized spacial score (nSPS) is 20.4. The summed E-state index contributed by atoms with van der Waals surface area (Å²) in [6.07, 6.45) is 1.63. The van der Waals surface area contributed by atoms with E-state index in [1.54, 1.807) is 4.90 Å². The molecule has 1 atom stereocenters. The van der Waals surface area contributed by atoms with Crippen molar-refractivity contribution < 1.29 is 13.6 Å². The number of hydrogen-bond acceptors (Lipinski definition) is 4. The number of aromatic nitrogens is 3. The lowest BCUT2D eigenvalue weighted by Gasteiger charge is -2.18. The number of carbonyl (C=O) groups excluding carboxylic acids is 1. The van der Waals surface area contributed by atoms with E-state index in [0.29, 0.717) is 13.1 Å². The molecule has 1 saturated heterocycles. The van der Waals surface area contributed by atoms with Crippen molar-refractivity contribution >= 4 is 11.7 Å². The average Bonchev–Trinajstić information content (AvgIpc) is 3.24. The number of benzene rings is 1. The maximum absolute atomic E-state index is 13.8. The van der Waals surface area contributed by atoms with E-state index in [0.717, 1.165) is 62.3 Å². The third-order valence-electron chi connectivity index (χ3n) is 5.29. The van der Waals surface area contributed by atoms with E-state index in [9.17, 15) is 13.6 Å². The van der Waals surface area contributed by atoms with Gasteiger partial charge >= 0.3 is 6.03 Å². The van der Waals surface area contributed by atoms with Gasteiger partial charge in [0.05, 0.1) is 5.69 Å². The van der Waals surface area contributed by atoms with E-state index in [-0.39, 0.29) is 11.6 Å². The molecule has 1 N–H and O–H groups in total. The molecule has 1 fully saturated rings. The Hall–Kier alpha value is -2.55. The molecule has 2 aliphatic rings. The molecule has 1 aromatic carbocycles. The van der Waals surface area contributed by atoms with Gasteiger partial charge < -0.3 is 19.7 Å². The van der Waals surface area contributed by atoms with Crippen LogP contribution in [0.5, 0.6) is 0 Å². The van der Waals surface area contributed by atoms with Gasteiger partial charge in [-0.15, -0.1) is 10.2 Å². The Kier molecular flexibility index (Phi) is 4.77. The zero-order valence-corrected chi connectivity index (χ0v) is 15.2. The molecule has 3 heterocycles. The number of halogens is 2. The molecule has 7 nitrogen and oxygen atoms in total. The fraction of sp³-hybridized carbons (Fsp3) is 0.500. The predicted molar refractivity (Wildman–Crippen MR) is 95.5 cm³/mol. The molecular weight excluding hydrogens is 354 g/mol. The highest BCUT2D eigenvalue weighted by atomic mass is 19.1. The number of hydrogen-bond donors (Lipinski definition) is 1. The van der Waals surface area contributed by atoms with Gasteiger partial charge in [0.25, 0.3) is 0 Å². The molecule has 2 amide bonds. The van der Waals surface area contributed by atoms with E-state index >= 15 is 0 Å². The summed E-state index contributed by atoms with van der Waals surface area (Å²) in [7, 11) is 2.09. The van der Waals surface area contributed by atoms with Gasteiger partial charge in [-0.2, -0.15) is 0 Å². The van der Waals surface area contributed by atoms with Gasteiger partial charge in [0.2, 0.25) is 0 Å². The molecule has 2 aliphatic heterocycles. The highest BCUT2D eigenvalue weighted by molar-refractivity contribution is 5.89. The summed E-state index contributed by atoms with van der Waals surface area (Å²) < 4.78 is 29.2. The van der Waals surface area contributed by atoms with Crippen LogP contribution in [0, 0.1) is 11.6 Å². The monoisotopic (exact) mass is 376 g/mol. The second kappa shape index (κ2) is 7.22. The predicted octanol–water partition coefficient (Wildman–Crippen LogP) is 2.07. The SMILES string of the molecule is CN1CCc2nnc(C3CCN(C(=O)Nc4cc(F)ccc4F)C3)n2CC1. The molecule has 27 heavy (non-hydrogen) atoms. The fourth-order valence-electron chi connectivity index (χ4n) is 3.70. The molecule has 144 valence electrons. The number of fused-ring (bicyclic) bond motifs is 1. The summed E-state index contributed by atoms with van der Waals surface area (Å²) in [5.41, 5.74) is -0.150. The number of carbonyl (C=O) groups is 1. The molecule has 2 aromatic rings. The summed E-state index contributed by atoms with van der Waals surface area (Å²) >= 11 is 0. The van der Waals surface area contributed by atoms with Crippen molar-refractivity contribution in [3.05, 3.63) is 41.5 Å². The molecule has 0 radical (unpaired) electrons. The Morgan fingerprint density at radius 1 is 1.19 bits per heavy atom. The first kappa shape index (κ1) is 17.8. The fourth-order valence-corrected chi connectivity index (χ4v) is 3.70. The standard InChI is InChI=1S/C18H22F2N6O/c1-24-6-5-16-22-23-17(26(16)9-8-24)12-4-7-25(11-12)18(27)21-15-10-13(19)2-3-14(15)20/h2-3,10,12H,4-9,11H2,1H3,(H,21,27). The lowest BCUT2D eigenvalue weighted by molar-refractivity contribution is 0.221. The lowest BCUT2D eigenvalue weighted by atomic mass is 10.1. The van der Waals surface area contributed by atoms with Crippen molar-refractivity contribution in [3.8, 4) is 0 Å². The Labute approximate surface area is 156 Å². The van der Waals surface area contributed by atoms with Crippen LogP contribution in [0.25, 0.3) is 0 Å². The van der Waals surface area contributed by atoms with Crippen molar-refractivity contribution in [3.63, 3.8) is 0 Å². The second-order valence-corrected chi connectivity index (χ2v) is 7.17. The molecule has 0 saturated carbocycles. The summed E-state index contributed by atoms with van der Waals surface area (Å²) in [5.74, 6) is 0.735. The summed E-state index contributed by atoms with van der Waals surface area (Å²) in [6.45, 7) is 3.75. The van der Waals surface area contributed by atoms with Crippen LogP contribution < -0.4 is 5.32 Å². The van der Waals surface area contributed by atoms with E-state index < -0.39 is 17.7 Å². The largest absolute Gasteiger partial charge is 0.324 e. The first-order valence-corrected chi connectivity index (χ1v) is 9.13. The highest BCUT2D eigenvalue weighted by Gasteiger charge is 2.32. The number of amides is 2. The van der Waals surface area contributed by atoms with E-state index in [1.165, 1.54) is 0 Å². The van der Waals surface area contributed by atoms with Crippen LogP contribution in [0.15, 0.2) is 18.2 Å². The van der Waals surface area contributed by atoms with Crippen molar-refractivity contribution in [2.24, 2.45) is 0 Å². The molecule has 4 rings (SSSR count). The Balaban J connectivity index is 1.44. The first-order chi connectivity index (χ1) is 13.0. The Bertz CT molecular complexity index is 854. The molecular formula is C18H22F2N6O. The van der Waals surface area contributed by atoms with Gasteiger partial charge in [-0.3, -0.25) is 0 Å². The van der Waals surface area contributed by atoms with Gasteiger partial charge in [-0.1, -0.05) is 0 Å². The van der Waals surface area contributed by atoms with E-state index in [4.69, 9.17) is 0 Å². The van der Waals surface area contributed by atoms with Crippen LogP contribution in [0.1, 0.15) is 24.0 Å². The molecule has 9 heteroatoms. The number of likely N-dealkylation sites (tertiary alicyclic amines) is 1. The summed E-state index contributed by atoms with van der Waals surface area (Å²) in [4.78, 5) is 16.3. The van der Waals surface area contributed by atoms with Gasteiger partial charge in [0.1, 0.15) is 23.3 Å². The molecule has 0 aliphatic carbocycles.